The lowest BCUT2D eigenvalue weighted by atomic mass is 10.2. The first-order valence-electron chi connectivity index (χ1n) is 5.06. The predicted octanol–water partition coefficient (Wildman–Crippen LogP) is 2.58. The molecule has 2 aromatic rings. The number of hydrogen-bond acceptors (Lipinski definition) is 4. The van der Waals surface area contributed by atoms with Gasteiger partial charge in [-0.1, -0.05) is 0 Å². The largest absolute Gasteiger partial charge is 0.457 e. The maximum atomic E-state index is 11.6. The summed E-state index contributed by atoms with van der Waals surface area (Å²) in [6.07, 6.45) is -0.161. The number of benzene rings is 1. The summed E-state index contributed by atoms with van der Waals surface area (Å²) in [5.74, 6) is -0.251. The van der Waals surface area contributed by atoms with Crippen LogP contribution in [0.5, 0.6) is 0 Å². The van der Waals surface area contributed by atoms with Crippen molar-refractivity contribution in [2.45, 2.75) is 20.0 Å². The lowest BCUT2D eigenvalue weighted by Crippen LogP contribution is -2.10. The zero-order chi connectivity index (χ0) is 11.7. The molecule has 0 spiro atoms. The average Bonchev–Trinajstić information content (AvgIpc) is 2.59. The molecule has 1 aromatic carbocycles. The number of anilines is 1. The molecule has 0 aliphatic rings. The first kappa shape index (κ1) is 10.5. The van der Waals surface area contributed by atoms with Gasteiger partial charge < -0.3 is 14.9 Å². The smallest absolute Gasteiger partial charge is 0.374 e. The maximum absolute atomic E-state index is 11.6. The number of fused-ring (bicyclic) bond motifs is 1. The zero-order valence-electron chi connectivity index (χ0n) is 9.19. The molecule has 1 heterocycles. The van der Waals surface area contributed by atoms with E-state index in [0.29, 0.717) is 11.3 Å². The number of nitrogens with two attached hydrogens (primary N) is 1. The molecule has 0 atom stereocenters. The van der Waals surface area contributed by atoms with Crippen LogP contribution in [0, 0.1) is 0 Å². The Balaban J connectivity index is 2.36. The van der Waals surface area contributed by atoms with Crippen LogP contribution in [0.25, 0.3) is 11.0 Å². The summed E-state index contributed by atoms with van der Waals surface area (Å²) in [4.78, 5) is 11.6. The highest BCUT2D eigenvalue weighted by Crippen LogP contribution is 2.22. The Bertz CT molecular complexity index is 528. The molecule has 0 unspecified atom stereocenters. The number of carbonyl (C=O) groups excluding carboxylic acids is 1. The van der Waals surface area contributed by atoms with Crippen molar-refractivity contribution < 1.29 is 13.9 Å². The van der Waals surface area contributed by atoms with E-state index in [-0.39, 0.29) is 11.9 Å². The third kappa shape index (κ3) is 2.00. The molecule has 0 saturated heterocycles. The minimum atomic E-state index is -0.454. The average molecular weight is 219 g/mol. The number of carbonyl (C=O) groups is 1. The maximum Gasteiger partial charge on any atom is 0.374 e. The predicted molar refractivity (Wildman–Crippen MR) is 61.2 cm³/mol. The van der Waals surface area contributed by atoms with E-state index in [4.69, 9.17) is 14.9 Å². The van der Waals surface area contributed by atoms with Gasteiger partial charge in [0.1, 0.15) is 5.58 Å². The van der Waals surface area contributed by atoms with Crippen molar-refractivity contribution in [2.75, 3.05) is 5.73 Å². The first-order valence-corrected chi connectivity index (χ1v) is 5.06. The van der Waals surface area contributed by atoms with Crippen LogP contribution in [-0.4, -0.2) is 12.1 Å². The quantitative estimate of drug-likeness (QED) is 0.622. The van der Waals surface area contributed by atoms with E-state index < -0.39 is 5.97 Å². The lowest BCUT2D eigenvalue weighted by molar-refractivity contribution is 0.0344. The number of rotatable bonds is 2. The van der Waals surface area contributed by atoms with Crippen LogP contribution < -0.4 is 5.73 Å². The van der Waals surface area contributed by atoms with Gasteiger partial charge in [0.15, 0.2) is 0 Å². The normalized spacial score (nSPS) is 10.9. The number of esters is 1. The van der Waals surface area contributed by atoms with Crippen LogP contribution in [0.1, 0.15) is 24.4 Å². The van der Waals surface area contributed by atoms with Crippen molar-refractivity contribution in [3.8, 4) is 0 Å². The second kappa shape index (κ2) is 3.89. The fourth-order valence-corrected chi connectivity index (χ4v) is 1.43. The number of furan rings is 1. The van der Waals surface area contributed by atoms with Gasteiger partial charge >= 0.3 is 5.97 Å². The van der Waals surface area contributed by atoms with Gasteiger partial charge in [0, 0.05) is 11.1 Å². The highest BCUT2D eigenvalue weighted by Gasteiger charge is 2.14. The Hall–Kier alpha value is -1.97. The second-order valence-corrected chi connectivity index (χ2v) is 3.86. The van der Waals surface area contributed by atoms with E-state index in [9.17, 15) is 4.79 Å². The summed E-state index contributed by atoms with van der Waals surface area (Å²) in [5, 5.41) is 0.802. The van der Waals surface area contributed by atoms with Gasteiger partial charge in [0.05, 0.1) is 6.10 Å². The van der Waals surface area contributed by atoms with Crippen LogP contribution in [0.3, 0.4) is 0 Å². The van der Waals surface area contributed by atoms with Crippen molar-refractivity contribution in [1.29, 1.82) is 0 Å². The Morgan fingerprint density at radius 1 is 1.38 bits per heavy atom. The Labute approximate surface area is 93.0 Å². The van der Waals surface area contributed by atoms with Gasteiger partial charge in [-0.25, -0.2) is 4.79 Å². The molecule has 0 bridgehead atoms. The summed E-state index contributed by atoms with van der Waals surface area (Å²) >= 11 is 0. The van der Waals surface area contributed by atoms with Crippen LogP contribution in [0.15, 0.2) is 28.7 Å². The summed E-state index contributed by atoms with van der Waals surface area (Å²) in [6.45, 7) is 3.58. The SMILES string of the molecule is CC(C)OC(=O)c1cc2cc(N)ccc2o1. The number of hydrogen-bond donors (Lipinski definition) is 1. The topological polar surface area (TPSA) is 65.5 Å². The molecule has 0 aliphatic carbocycles. The van der Waals surface area contributed by atoms with Crippen molar-refractivity contribution in [1.82, 2.24) is 0 Å². The van der Waals surface area contributed by atoms with E-state index in [1.54, 1.807) is 38.1 Å². The van der Waals surface area contributed by atoms with Gasteiger partial charge in [0.25, 0.3) is 0 Å². The van der Waals surface area contributed by atoms with Crippen molar-refractivity contribution >= 4 is 22.6 Å². The fraction of sp³-hybridized carbons (Fsp3) is 0.250. The van der Waals surface area contributed by atoms with Crippen LogP contribution in [0.2, 0.25) is 0 Å². The minimum absolute atomic E-state index is 0.161. The van der Waals surface area contributed by atoms with Crippen molar-refractivity contribution in [3.05, 3.63) is 30.0 Å². The fourth-order valence-electron chi connectivity index (χ4n) is 1.43. The summed E-state index contributed by atoms with van der Waals surface area (Å²) in [6, 6.07) is 6.85. The summed E-state index contributed by atoms with van der Waals surface area (Å²) in [7, 11) is 0. The molecule has 84 valence electrons. The van der Waals surface area contributed by atoms with E-state index in [1.165, 1.54) is 0 Å². The Morgan fingerprint density at radius 3 is 2.81 bits per heavy atom. The molecule has 0 radical (unpaired) electrons. The van der Waals surface area contributed by atoms with E-state index >= 15 is 0 Å². The van der Waals surface area contributed by atoms with Crippen LogP contribution >= 0.6 is 0 Å². The minimum Gasteiger partial charge on any atom is -0.457 e. The Kier molecular flexibility index (Phi) is 2.56. The number of nitrogen functional groups attached to an aromatic ring is 1. The molecule has 1 aromatic heterocycles. The van der Waals surface area contributed by atoms with Gasteiger partial charge in [-0.3, -0.25) is 0 Å². The van der Waals surface area contributed by atoms with Gasteiger partial charge in [-0.15, -0.1) is 0 Å². The molecule has 2 rings (SSSR count). The molecule has 16 heavy (non-hydrogen) atoms. The van der Waals surface area contributed by atoms with E-state index in [2.05, 4.69) is 0 Å². The number of ether oxygens (including phenoxy) is 1. The lowest BCUT2D eigenvalue weighted by Gasteiger charge is -2.04. The van der Waals surface area contributed by atoms with Crippen molar-refractivity contribution in [3.63, 3.8) is 0 Å². The van der Waals surface area contributed by atoms with Crippen molar-refractivity contribution in [2.24, 2.45) is 0 Å². The van der Waals surface area contributed by atoms with Crippen LogP contribution in [0.4, 0.5) is 5.69 Å². The monoisotopic (exact) mass is 219 g/mol. The zero-order valence-corrected chi connectivity index (χ0v) is 9.19. The highest BCUT2D eigenvalue weighted by atomic mass is 16.6. The van der Waals surface area contributed by atoms with E-state index in [1.807, 2.05) is 0 Å². The molecular formula is C12H13NO3. The molecule has 0 amide bonds. The van der Waals surface area contributed by atoms with Gasteiger partial charge in [-0.2, -0.15) is 0 Å². The standard InChI is InChI=1S/C12H13NO3/c1-7(2)15-12(14)11-6-8-5-9(13)3-4-10(8)16-11/h3-7H,13H2,1-2H3. The third-order valence-electron chi connectivity index (χ3n) is 2.08. The molecule has 0 saturated carbocycles. The van der Waals surface area contributed by atoms with Gasteiger partial charge in [-0.05, 0) is 38.1 Å². The molecule has 4 nitrogen and oxygen atoms in total. The molecule has 4 heteroatoms. The molecule has 0 aliphatic heterocycles. The molecule has 2 N–H and O–H groups in total. The highest BCUT2D eigenvalue weighted by molar-refractivity contribution is 5.93. The van der Waals surface area contributed by atoms with Crippen LogP contribution in [-0.2, 0) is 4.74 Å². The van der Waals surface area contributed by atoms with Gasteiger partial charge in [0.2, 0.25) is 5.76 Å². The molecule has 0 fully saturated rings. The Morgan fingerprint density at radius 2 is 2.12 bits per heavy atom. The molecular weight excluding hydrogens is 206 g/mol. The third-order valence-corrected chi connectivity index (χ3v) is 2.08. The second-order valence-electron chi connectivity index (χ2n) is 3.86. The summed E-state index contributed by atoms with van der Waals surface area (Å²) in [5.41, 5.74) is 6.90. The van der Waals surface area contributed by atoms with E-state index in [0.717, 1.165) is 5.39 Å². The first-order chi connectivity index (χ1) is 7.56. The summed E-state index contributed by atoms with van der Waals surface area (Å²) < 4.78 is 10.4.